The van der Waals surface area contributed by atoms with Crippen LogP contribution in [0.4, 0.5) is 4.39 Å². The number of ether oxygens (including phenoxy) is 1. The largest absolute Gasteiger partial charge is 0.465 e. The van der Waals surface area contributed by atoms with Crippen molar-refractivity contribution in [3.63, 3.8) is 0 Å². The van der Waals surface area contributed by atoms with Crippen molar-refractivity contribution in [2.45, 2.75) is 19.9 Å². The van der Waals surface area contributed by atoms with Crippen LogP contribution in [0.3, 0.4) is 0 Å². The van der Waals surface area contributed by atoms with Crippen molar-refractivity contribution in [3.8, 4) is 0 Å². The number of amides is 1. The second-order valence-corrected chi connectivity index (χ2v) is 5.22. The third-order valence-electron chi connectivity index (χ3n) is 3.94. The second-order valence-electron chi connectivity index (χ2n) is 5.22. The molecular formula is C16H20FNO3. The molecule has 1 heterocycles. The molecule has 1 aromatic rings. The number of esters is 1. The number of hydrogen-bond acceptors (Lipinski definition) is 3. The maximum Gasteiger partial charge on any atom is 0.318 e. The predicted octanol–water partition coefficient (Wildman–Crippen LogP) is 2.35. The summed E-state index contributed by atoms with van der Waals surface area (Å²) in [5.74, 6) is -2.59. The third kappa shape index (κ3) is 3.06. The second kappa shape index (κ2) is 6.70. The fourth-order valence-corrected chi connectivity index (χ4v) is 2.75. The van der Waals surface area contributed by atoms with E-state index in [9.17, 15) is 14.0 Å². The fraction of sp³-hybridized carbons (Fsp3) is 0.500. The molecule has 2 rings (SSSR count). The van der Waals surface area contributed by atoms with Gasteiger partial charge in [-0.05, 0) is 19.4 Å². The Kier molecular flexibility index (Phi) is 4.94. The Morgan fingerprint density at radius 3 is 2.67 bits per heavy atom. The van der Waals surface area contributed by atoms with Gasteiger partial charge in [-0.25, -0.2) is 0 Å². The van der Waals surface area contributed by atoms with Gasteiger partial charge < -0.3 is 9.64 Å². The highest BCUT2D eigenvalue weighted by Crippen LogP contribution is 2.33. The normalized spacial score (nSPS) is 23.2. The molecule has 1 fully saturated rings. The molecule has 0 unspecified atom stereocenters. The number of benzene rings is 1. The SMILES string of the molecule is CCOC(=O)[C@H]1C(=O)N([C@H](C)c2ccccc2)C[C@@H]1CF. The summed E-state index contributed by atoms with van der Waals surface area (Å²) < 4.78 is 18.1. The van der Waals surface area contributed by atoms with Gasteiger partial charge >= 0.3 is 5.97 Å². The fourth-order valence-electron chi connectivity index (χ4n) is 2.75. The van der Waals surface area contributed by atoms with Crippen molar-refractivity contribution in [1.82, 2.24) is 4.90 Å². The molecule has 1 aliphatic rings. The summed E-state index contributed by atoms with van der Waals surface area (Å²) in [5, 5.41) is 0. The van der Waals surface area contributed by atoms with Crippen LogP contribution in [0.1, 0.15) is 25.5 Å². The lowest BCUT2D eigenvalue weighted by atomic mass is 9.97. The lowest BCUT2D eigenvalue weighted by molar-refractivity contribution is -0.154. The van der Waals surface area contributed by atoms with E-state index in [0.29, 0.717) is 0 Å². The number of halogens is 1. The molecule has 4 nitrogen and oxygen atoms in total. The van der Waals surface area contributed by atoms with Crippen LogP contribution in [0.15, 0.2) is 30.3 Å². The van der Waals surface area contributed by atoms with Gasteiger partial charge in [0.15, 0.2) is 0 Å². The van der Waals surface area contributed by atoms with E-state index < -0.39 is 24.5 Å². The molecule has 0 spiro atoms. The molecule has 1 saturated heterocycles. The van der Waals surface area contributed by atoms with Crippen molar-refractivity contribution in [3.05, 3.63) is 35.9 Å². The zero-order valence-electron chi connectivity index (χ0n) is 12.3. The van der Waals surface area contributed by atoms with E-state index in [2.05, 4.69) is 0 Å². The van der Waals surface area contributed by atoms with Gasteiger partial charge in [0.25, 0.3) is 0 Å². The zero-order chi connectivity index (χ0) is 15.4. The summed E-state index contributed by atoms with van der Waals surface area (Å²) in [6.45, 7) is 3.29. The van der Waals surface area contributed by atoms with Gasteiger partial charge in [0.2, 0.25) is 5.91 Å². The van der Waals surface area contributed by atoms with Crippen molar-refractivity contribution < 1.29 is 18.7 Å². The van der Waals surface area contributed by atoms with Crippen LogP contribution >= 0.6 is 0 Å². The highest BCUT2D eigenvalue weighted by molar-refractivity contribution is 6.00. The van der Waals surface area contributed by atoms with Gasteiger partial charge in [0.1, 0.15) is 5.92 Å². The van der Waals surface area contributed by atoms with E-state index in [4.69, 9.17) is 4.74 Å². The lowest BCUT2D eigenvalue weighted by Crippen LogP contribution is -2.33. The third-order valence-corrected chi connectivity index (χ3v) is 3.94. The summed E-state index contributed by atoms with van der Waals surface area (Å²) in [4.78, 5) is 25.9. The van der Waals surface area contributed by atoms with Gasteiger partial charge in [-0.3, -0.25) is 14.0 Å². The molecule has 114 valence electrons. The van der Waals surface area contributed by atoms with Crippen LogP contribution in [0.25, 0.3) is 0 Å². The van der Waals surface area contributed by atoms with Crippen molar-refractivity contribution >= 4 is 11.9 Å². The Morgan fingerprint density at radius 2 is 2.10 bits per heavy atom. The van der Waals surface area contributed by atoms with E-state index in [0.717, 1.165) is 5.56 Å². The number of alkyl halides is 1. The Balaban J connectivity index is 2.19. The first-order valence-corrected chi connectivity index (χ1v) is 7.18. The molecule has 0 aliphatic carbocycles. The van der Waals surface area contributed by atoms with Crippen LogP contribution in [-0.2, 0) is 14.3 Å². The van der Waals surface area contributed by atoms with Crippen LogP contribution in [0.2, 0.25) is 0 Å². The van der Waals surface area contributed by atoms with Crippen molar-refractivity contribution in [2.24, 2.45) is 11.8 Å². The highest BCUT2D eigenvalue weighted by Gasteiger charge is 2.47. The molecule has 0 bridgehead atoms. The molecule has 21 heavy (non-hydrogen) atoms. The smallest absolute Gasteiger partial charge is 0.318 e. The topological polar surface area (TPSA) is 46.6 Å². The number of carbonyl (C=O) groups excluding carboxylic acids is 2. The van der Waals surface area contributed by atoms with Crippen LogP contribution in [0, 0.1) is 11.8 Å². The van der Waals surface area contributed by atoms with E-state index in [1.54, 1.807) is 11.8 Å². The molecule has 0 radical (unpaired) electrons. The summed E-state index contributed by atoms with van der Waals surface area (Å²) in [5.41, 5.74) is 0.966. The molecule has 0 aromatic heterocycles. The van der Waals surface area contributed by atoms with Crippen molar-refractivity contribution in [1.29, 1.82) is 0 Å². The van der Waals surface area contributed by atoms with Gasteiger partial charge in [0.05, 0.1) is 19.3 Å². The Morgan fingerprint density at radius 1 is 1.43 bits per heavy atom. The summed E-state index contributed by atoms with van der Waals surface area (Å²) in [7, 11) is 0. The Bertz CT molecular complexity index is 506. The van der Waals surface area contributed by atoms with E-state index in [-0.39, 0.29) is 25.1 Å². The standard InChI is InChI=1S/C16H20FNO3/c1-3-21-16(20)14-13(9-17)10-18(15(14)19)11(2)12-7-5-4-6-8-12/h4-8,11,13-14H,3,9-10H2,1-2H3/t11-,13+,14-/m1/s1. The number of nitrogens with zero attached hydrogens (tertiary/aromatic N) is 1. The number of rotatable bonds is 5. The van der Waals surface area contributed by atoms with E-state index >= 15 is 0 Å². The molecular weight excluding hydrogens is 273 g/mol. The maximum absolute atomic E-state index is 13.2. The van der Waals surface area contributed by atoms with Gasteiger partial charge in [-0.15, -0.1) is 0 Å². The van der Waals surface area contributed by atoms with Gasteiger partial charge in [-0.1, -0.05) is 30.3 Å². The zero-order valence-corrected chi connectivity index (χ0v) is 12.3. The van der Waals surface area contributed by atoms with E-state index in [1.165, 1.54) is 0 Å². The number of hydrogen-bond donors (Lipinski definition) is 0. The number of likely N-dealkylation sites (tertiary alicyclic amines) is 1. The minimum absolute atomic E-state index is 0.188. The first-order valence-electron chi connectivity index (χ1n) is 7.18. The van der Waals surface area contributed by atoms with E-state index in [1.807, 2.05) is 37.3 Å². The van der Waals surface area contributed by atoms with Crippen LogP contribution < -0.4 is 0 Å². The lowest BCUT2D eigenvalue weighted by Gasteiger charge is -2.25. The molecule has 1 aromatic carbocycles. The minimum atomic E-state index is -1.01. The first kappa shape index (κ1) is 15.5. The van der Waals surface area contributed by atoms with Crippen LogP contribution in [-0.4, -0.2) is 36.6 Å². The predicted molar refractivity (Wildman–Crippen MR) is 76.2 cm³/mol. The minimum Gasteiger partial charge on any atom is -0.465 e. The first-order chi connectivity index (χ1) is 10.1. The van der Waals surface area contributed by atoms with Crippen LogP contribution in [0.5, 0.6) is 0 Å². The summed E-state index contributed by atoms with van der Waals surface area (Å²) in [6.07, 6.45) is 0. The average molecular weight is 293 g/mol. The maximum atomic E-state index is 13.2. The van der Waals surface area contributed by atoms with Crippen molar-refractivity contribution in [2.75, 3.05) is 19.8 Å². The molecule has 0 N–H and O–H groups in total. The summed E-state index contributed by atoms with van der Waals surface area (Å²) in [6, 6.07) is 9.32. The quantitative estimate of drug-likeness (QED) is 0.618. The van der Waals surface area contributed by atoms with Gasteiger partial charge in [-0.2, -0.15) is 0 Å². The highest BCUT2D eigenvalue weighted by atomic mass is 19.1. The average Bonchev–Trinajstić information content (AvgIpc) is 2.84. The molecule has 3 atom stereocenters. The monoisotopic (exact) mass is 293 g/mol. The number of carbonyl (C=O) groups is 2. The molecule has 0 saturated carbocycles. The molecule has 1 amide bonds. The summed E-state index contributed by atoms with van der Waals surface area (Å²) >= 11 is 0. The molecule has 1 aliphatic heterocycles. The van der Waals surface area contributed by atoms with Gasteiger partial charge in [0, 0.05) is 12.5 Å². The Hall–Kier alpha value is -1.91. The molecule has 5 heteroatoms. The Labute approximate surface area is 123 Å².